The van der Waals surface area contributed by atoms with Crippen molar-refractivity contribution in [2.75, 3.05) is 10.8 Å². The zero-order chi connectivity index (χ0) is 23.8. The van der Waals surface area contributed by atoms with Crippen LogP contribution in [0.2, 0.25) is 0 Å². The number of hydrogen-bond acceptors (Lipinski definition) is 5. The molecule has 0 saturated carbocycles. The van der Waals surface area contributed by atoms with Gasteiger partial charge in [0.25, 0.3) is 5.69 Å². The first-order chi connectivity index (χ1) is 15.9. The number of nitro benzene ring substituents is 1. The van der Waals surface area contributed by atoms with Gasteiger partial charge in [-0.15, -0.1) is 0 Å². The third-order valence-corrected chi connectivity index (χ3v) is 6.21. The fraction of sp³-hybridized carbons (Fsp3) is 0.208. The van der Waals surface area contributed by atoms with E-state index in [1.807, 2.05) is 36.4 Å². The van der Waals surface area contributed by atoms with Gasteiger partial charge < -0.3 is 14.0 Å². The summed E-state index contributed by atoms with van der Waals surface area (Å²) in [5.74, 6) is -1.94. The number of anilines is 1. The Morgan fingerprint density at radius 2 is 1.45 bits per heavy atom. The summed E-state index contributed by atoms with van der Waals surface area (Å²) in [4.78, 5) is 22.3. The second-order valence-corrected chi connectivity index (χ2v) is 8.41. The molecule has 172 valence electrons. The Hall–Kier alpha value is -3.56. The Morgan fingerprint density at radius 1 is 0.909 bits per heavy atom. The number of non-ortho nitro benzene ring substituents is 1. The van der Waals surface area contributed by atoms with E-state index in [0.717, 1.165) is 9.87 Å². The topological polar surface area (TPSA) is 124 Å². The molecule has 0 aromatic heterocycles. The van der Waals surface area contributed by atoms with Crippen molar-refractivity contribution in [2.24, 2.45) is 0 Å². The molecule has 8 nitrogen and oxygen atoms in total. The SMILES string of the molecule is O=C(O)C(CCC(CN(c1ccc([N+](=O)[O-])cc1)S(=O)[O-])c1ccccc1)c1ccccc1. The Labute approximate surface area is 194 Å². The second-order valence-electron chi connectivity index (χ2n) is 7.54. The molecule has 9 heteroatoms. The van der Waals surface area contributed by atoms with E-state index in [0.29, 0.717) is 24.1 Å². The van der Waals surface area contributed by atoms with Crippen LogP contribution in [0.5, 0.6) is 0 Å². The second kappa shape index (κ2) is 11.3. The Bertz CT molecular complexity index is 1090. The highest BCUT2D eigenvalue weighted by Gasteiger charge is 2.24. The largest absolute Gasteiger partial charge is 0.755 e. The van der Waals surface area contributed by atoms with Gasteiger partial charge in [-0.3, -0.25) is 19.1 Å². The third-order valence-electron chi connectivity index (χ3n) is 5.49. The molecule has 3 rings (SSSR count). The molecule has 0 heterocycles. The fourth-order valence-corrected chi connectivity index (χ4v) is 4.36. The molecular formula is C24H23N2O6S-. The van der Waals surface area contributed by atoms with Gasteiger partial charge in [0.1, 0.15) is 0 Å². The summed E-state index contributed by atoms with van der Waals surface area (Å²) in [6, 6.07) is 23.5. The molecule has 0 saturated heterocycles. The first-order valence-corrected chi connectivity index (χ1v) is 11.3. The zero-order valence-electron chi connectivity index (χ0n) is 17.7. The molecule has 3 atom stereocenters. The molecule has 33 heavy (non-hydrogen) atoms. The number of benzene rings is 3. The summed E-state index contributed by atoms with van der Waals surface area (Å²) in [5, 5.41) is 20.7. The zero-order valence-corrected chi connectivity index (χ0v) is 18.5. The molecule has 3 unspecified atom stereocenters. The number of hydrogen-bond donors (Lipinski definition) is 1. The van der Waals surface area contributed by atoms with Gasteiger partial charge in [0.2, 0.25) is 0 Å². The molecule has 0 aliphatic carbocycles. The van der Waals surface area contributed by atoms with Crippen molar-refractivity contribution >= 4 is 28.6 Å². The van der Waals surface area contributed by atoms with Crippen molar-refractivity contribution < 1.29 is 23.6 Å². The van der Waals surface area contributed by atoms with Crippen LogP contribution in [0.3, 0.4) is 0 Å². The molecular weight excluding hydrogens is 444 g/mol. The van der Waals surface area contributed by atoms with Crippen LogP contribution in [0.4, 0.5) is 11.4 Å². The van der Waals surface area contributed by atoms with Gasteiger partial charge in [-0.1, -0.05) is 60.7 Å². The standard InChI is InChI=1S/C24H24N2O6S/c27-24(28)23(19-9-5-2-6-10-19)16-11-20(18-7-3-1-4-8-18)17-25(33(31)32)21-12-14-22(15-13-21)26(29)30/h1-10,12-15,20,23H,11,16-17H2,(H,27,28)(H,31,32)/p-1. The summed E-state index contributed by atoms with van der Waals surface area (Å²) in [6.45, 7) is 0.0685. The number of carboxylic acids is 1. The highest BCUT2D eigenvalue weighted by molar-refractivity contribution is 7.80. The van der Waals surface area contributed by atoms with Crippen LogP contribution in [-0.2, 0) is 16.1 Å². The Kier molecular flexibility index (Phi) is 8.28. The predicted molar refractivity (Wildman–Crippen MR) is 125 cm³/mol. The van der Waals surface area contributed by atoms with Gasteiger partial charge in [-0.2, -0.15) is 0 Å². The lowest BCUT2D eigenvalue weighted by Crippen LogP contribution is -2.31. The molecule has 0 amide bonds. The maximum absolute atomic E-state index is 12.1. The summed E-state index contributed by atoms with van der Waals surface area (Å²) >= 11 is -2.63. The average Bonchev–Trinajstić information content (AvgIpc) is 2.82. The number of carboxylic acid groups (broad SMARTS) is 1. The highest BCUT2D eigenvalue weighted by Crippen LogP contribution is 2.31. The van der Waals surface area contributed by atoms with E-state index in [4.69, 9.17) is 0 Å². The van der Waals surface area contributed by atoms with E-state index in [9.17, 15) is 28.8 Å². The number of aliphatic carboxylic acids is 1. The van der Waals surface area contributed by atoms with Crippen molar-refractivity contribution in [1.82, 2.24) is 0 Å². The van der Waals surface area contributed by atoms with Crippen LogP contribution in [-0.4, -0.2) is 31.3 Å². The van der Waals surface area contributed by atoms with Gasteiger partial charge in [0.15, 0.2) is 0 Å². The average molecular weight is 468 g/mol. The highest BCUT2D eigenvalue weighted by atomic mass is 32.2. The first kappa shape index (κ1) is 24.1. The maximum Gasteiger partial charge on any atom is 0.310 e. The maximum atomic E-state index is 12.1. The van der Waals surface area contributed by atoms with Gasteiger partial charge >= 0.3 is 5.97 Å². The number of nitro groups is 1. The van der Waals surface area contributed by atoms with Crippen LogP contribution in [0.25, 0.3) is 0 Å². The van der Waals surface area contributed by atoms with Crippen molar-refractivity contribution in [3.05, 3.63) is 106 Å². The minimum absolute atomic E-state index is 0.0685. The third kappa shape index (κ3) is 6.47. The fourth-order valence-electron chi connectivity index (χ4n) is 3.77. The van der Waals surface area contributed by atoms with Gasteiger partial charge in [-0.25, -0.2) is 0 Å². The number of nitrogens with zero attached hydrogens (tertiary/aromatic N) is 2. The van der Waals surface area contributed by atoms with Gasteiger partial charge in [0.05, 0.1) is 10.8 Å². The lowest BCUT2D eigenvalue weighted by atomic mass is 9.87. The Balaban J connectivity index is 1.86. The van der Waals surface area contributed by atoms with E-state index < -0.39 is 28.1 Å². The molecule has 0 spiro atoms. The van der Waals surface area contributed by atoms with Crippen molar-refractivity contribution in [3.8, 4) is 0 Å². The first-order valence-electron chi connectivity index (χ1n) is 10.3. The van der Waals surface area contributed by atoms with E-state index >= 15 is 0 Å². The van der Waals surface area contributed by atoms with E-state index in [1.54, 1.807) is 24.3 Å². The van der Waals surface area contributed by atoms with Crippen LogP contribution >= 0.6 is 0 Å². The quantitative estimate of drug-likeness (QED) is 0.249. The van der Waals surface area contributed by atoms with Gasteiger partial charge in [0, 0.05) is 41.5 Å². The van der Waals surface area contributed by atoms with Crippen molar-refractivity contribution in [3.63, 3.8) is 0 Å². The van der Waals surface area contributed by atoms with Crippen LogP contribution in [0.1, 0.15) is 35.8 Å². The molecule has 0 radical (unpaired) electrons. The smallest absolute Gasteiger partial charge is 0.310 e. The van der Waals surface area contributed by atoms with Gasteiger partial charge in [-0.05, 0) is 36.1 Å². The summed E-state index contributed by atoms with van der Waals surface area (Å²) in [7, 11) is 0. The molecule has 0 aliphatic rings. The molecule has 3 aromatic carbocycles. The monoisotopic (exact) mass is 467 g/mol. The molecule has 3 aromatic rings. The van der Waals surface area contributed by atoms with Crippen LogP contribution < -0.4 is 4.31 Å². The predicted octanol–water partition coefficient (Wildman–Crippen LogP) is 4.63. The summed E-state index contributed by atoms with van der Waals surface area (Å²) in [6.07, 6.45) is 0.745. The van der Waals surface area contributed by atoms with E-state index in [2.05, 4.69) is 0 Å². The minimum Gasteiger partial charge on any atom is -0.755 e. The normalized spacial score (nSPS) is 13.6. The minimum atomic E-state index is -2.63. The molecule has 0 bridgehead atoms. The van der Waals surface area contributed by atoms with Crippen molar-refractivity contribution in [2.45, 2.75) is 24.7 Å². The van der Waals surface area contributed by atoms with Crippen LogP contribution in [0.15, 0.2) is 84.9 Å². The molecule has 0 fully saturated rings. The van der Waals surface area contributed by atoms with E-state index in [1.165, 1.54) is 24.3 Å². The molecule has 1 N–H and O–H groups in total. The molecule has 0 aliphatic heterocycles. The lowest BCUT2D eigenvalue weighted by Gasteiger charge is -2.31. The number of carbonyl (C=O) groups is 1. The Morgan fingerprint density at radius 3 is 1.94 bits per heavy atom. The van der Waals surface area contributed by atoms with E-state index in [-0.39, 0.29) is 18.2 Å². The lowest BCUT2D eigenvalue weighted by molar-refractivity contribution is -0.384. The summed E-state index contributed by atoms with van der Waals surface area (Å²) < 4.78 is 25.2. The van der Waals surface area contributed by atoms with Crippen LogP contribution in [0, 0.1) is 10.1 Å². The van der Waals surface area contributed by atoms with Crippen molar-refractivity contribution in [1.29, 1.82) is 0 Å². The summed E-state index contributed by atoms with van der Waals surface area (Å²) in [5.41, 5.74) is 1.73. The number of rotatable bonds is 11.